The highest BCUT2D eigenvalue weighted by Gasteiger charge is 2.08. The molecule has 0 radical (unpaired) electrons. The number of nitrogens with one attached hydrogen (secondary N) is 1. The second-order valence-electron chi connectivity index (χ2n) is 5.18. The van der Waals surface area contributed by atoms with Gasteiger partial charge < -0.3 is 10.1 Å². The molecular formula is C16H20ClN3O2. The molecule has 1 aromatic heterocycles. The monoisotopic (exact) mass is 321 g/mol. The summed E-state index contributed by atoms with van der Waals surface area (Å²) in [5.41, 5.74) is 1.38. The van der Waals surface area contributed by atoms with E-state index in [1.807, 2.05) is 26.0 Å². The quantitative estimate of drug-likeness (QED) is 0.797. The molecule has 5 nitrogen and oxygen atoms in total. The SMILES string of the molecule is CC(C)OCCCNC(=O)c1cnn(-c2ccc(Cl)cc2)c1. The van der Waals surface area contributed by atoms with Gasteiger partial charge in [-0.3, -0.25) is 4.79 Å². The molecule has 1 N–H and O–H groups in total. The highest BCUT2D eigenvalue weighted by Crippen LogP contribution is 2.13. The van der Waals surface area contributed by atoms with Crippen LogP contribution in [0.15, 0.2) is 36.7 Å². The summed E-state index contributed by atoms with van der Waals surface area (Å²) in [7, 11) is 0. The number of carbonyl (C=O) groups excluding carboxylic acids is 1. The third kappa shape index (κ3) is 4.86. The normalized spacial score (nSPS) is 10.9. The molecule has 0 unspecified atom stereocenters. The van der Waals surface area contributed by atoms with Gasteiger partial charge in [0.15, 0.2) is 0 Å². The Kier molecular flexibility index (Phi) is 5.98. The van der Waals surface area contributed by atoms with E-state index in [0.717, 1.165) is 12.1 Å². The van der Waals surface area contributed by atoms with Crippen molar-refractivity contribution in [2.45, 2.75) is 26.4 Å². The maximum absolute atomic E-state index is 12.0. The number of ether oxygens (including phenoxy) is 1. The Labute approximate surface area is 135 Å². The Morgan fingerprint density at radius 2 is 2.09 bits per heavy atom. The van der Waals surface area contributed by atoms with Crippen LogP contribution in [-0.4, -0.2) is 34.9 Å². The minimum atomic E-state index is -0.134. The number of benzene rings is 1. The van der Waals surface area contributed by atoms with E-state index < -0.39 is 0 Å². The number of carbonyl (C=O) groups is 1. The van der Waals surface area contributed by atoms with Crippen LogP contribution in [0.3, 0.4) is 0 Å². The molecular weight excluding hydrogens is 302 g/mol. The minimum absolute atomic E-state index is 0.134. The molecule has 1 aromatic carbocycles. The molecule has 0 aliphatic carbocycles. The number of aromatic nitrogens is 2. The van der Waals surface area contributed by atoms with Crippen LogP contribution in [0.5, 0.6) is 0 Å². The molecule has 118 valence electrons. The molecule has 1 amide bonds. The Morgan fingerprint density at radius 3 is 2.77 bits per heavy atom. The first-order chi connectivity index (χ1) is 10.6. The molecule has 0 saturated heterocycles. The summed E-state index contributed by atoms with van der Waals surface area (Å²) < 4.78 is 7.07. The second kappa shape index (κ2) is 7.96. The highest BCUT2D eigenvalue weighted by molar-refractivity contribution is 6.30. The lowest BCUT2D eigenvalue weighted by Gasteiger charge is -2.07. The number of amides is 1. The van der Waals surface area contributed by atoms with Crippen molar-refractivity contribution in [3.05, 3.63) is 47.2 Å². The average Bonchev–Trinajstić information content (AvgIpc) is 2.97. The zero-order chi connectivity index (χ0) is 15.9. The average molecular weight is 322 g/mol. The van der Waals surface area contributed by atoms with E-state index in [9.17, 15) is 4.79 Å². The molecule has 2 rings (SSSR count). The molecule has 2 aromatic rings. The Morgan fingerprint density at radius 1 is 1.36 bits per heavy atom. The molecule has 0 aliphatic rings. The van der Waals surface area contributed by atoms with Gasteiger partial charge in [0, 0.05) is 24.4 Å². The zero-order valence-corrected chi connectivity index (χ0v) is 13.5. The smallest absolute Gasteiger partial charge is 0.254 e. The fourth-order valence-electron chi connectivity index (χ4n) is 1.87. The third-order valence-corrected chi connectivity index (χ3v) is 3.25. The van der Waals surface area contributed by atoms with Gasteiger partial charge in [-0.1, -0.05) is 11.6 Å². The van der Waals surface area contributed by atoms with Gasteiger partial charge in [0.1, 0.15) is 0 Å². The first kappa shape index (κ1) is 16.5. The first-order valence-corrected chi connectivity index (χ1v) is 7.64. The predicted octanol–water partition coefficient (Wildman–Crippen LogP) is 3.07. The molecule has 0 saturated carbocycles. The number of hydrogen-bond donors (Lipinski definition) is 1. The van der Waals surface area contributed by atoms with Crippen LogP contribution >= 0.6 is 11.6 Å². The molecule has 0 fully saturated rings. The molecule has 0 atom stereocenters. The van der Waals surface area contributed by atoms with Crippen LogP contribution in [0, 0.1) is 0 Å². The van der Waals surface area contributed by atoms with Crippen molar-refractivity contribution in [2.24, 2.45) is 0 Å². The van der Waals surface area contributed by atoms with E-state index in [-0.39, 0.29) is 12.0 Å². The summed E-state index contributed by atoms with van der Waals surface area (Å²) in [6.45, 7) is 5.20. The van der Waals surface area contributed by atoms with Crippen molar-refractivity contribution in [2.75, 3.05) is 13.2 Å². The van der Waals surface area contributed by atoms with Crippen LogP contribution in [0.25, 0.3) is 5.69 Å². The number of hydrogen-bond acceptors (Lipinski definition) is 3. The highest BCUT2D eigenvalue weighted by atomic mass is 35.5. The number of rotatable bonds is 7. The van der Waals surface area contributed by atoms with Crippen LogP contribution < -0.4 is 5.32 Å². The van der Waals surface area contributed by atoms with Crippen LogP contribution in [-0.2, 0) is 4.74 Å². The van der Waals surface area contributed by atoms with Gasteiger partial charge >= 0.3 is 0 Å². The summed E-state index contributed by atoms with van der Waals surface area (Å²) in [4.78, 5) is 12.0. The molecule has 1 heterocycles. The van der Waals surface area contributed by atoms with E-state index in [2.05, 4.69) is 10.4 Å². The fraction of sp³-hybridized carbons (Fsp3) is 0.375. The Balaban J connectivity index is 1.85. The van der Waals surface area contributed by atoms with Gasteiger partial charge in [0.25, 0.3) is 5.91 Å². The Bertz CT molecular complexity index is 608. The van der Waals surface area contributed by atoms with Crippen LogP contribution in [0.1, 0.15) is 30.6 Å². The minimum Gasteiger partial charge on any atom is -0.379 e. The first-order valence-electron chi connectivity index (χ1n) is 7.26. The van der Waals surface area contributed by atoms with Gasteiger partial charge in [-0.05, 0) is 44.5 Å². The lowest BCUT2D eigenvalue weighted by atomic mass is 10.3. The van der Waals surface area contributed by atoms with Gasteiger partial charge in [0.05, 0.1) is 23.6 Å². The van der Waals surface area contributed by atoms with Gasteiger partial charge in [-0.2, -0.15) is 5.10 Å². The standard InChI is InChI=1S/C16H20ClN3O2/c1-12(2)22-9-3-8-18-16(21)13-10-19-20(11-13)15-6-4-14(17)5-7-15/h4-7,10-12H,3,8-9H2,1-2H3,(H,18,21). The fourth-order valence-corrected chi connectivity index (χ4v) is 2.00. The molecule has 0 bridgehead atoms. The summed E-state index contributed by atoms with van der Waals surface area (Å²) in [5, 5.41) is 7.71. The maximum atomic E-state index is 12.0. The van der Waals surface area contributed by atoms with E-state index in [4.69, 9.17) is 16.3 Å². The predicted molar refractivity (Wildman–Crippen MR) is 86.6 cm³/mol. The van der Waals surface area contributed by atoms with Gasteiger partial charge in [-0.25, -0.2) is 4.68 Å². The van der Waals surface area contributed by atoms with Crippen molar-refractivity contribution < 1.29 is 9.53 Å². The van der Waals surface area contributed by atoms with Crippen molar-refractivity contribution in [3.63, 3.8) is 0 Å². The van der Waals surface area contributed by atoms with E-state index >= 15 is 0 Å². The molecule has 0 spiro atoms. The summed E-state index contributed by atoms with van der Waals surface area (Å²) in [5.74, 6) is -0.134. The topological polar surface area (TPSA) is 56.1 Å². The van der Waals surface area contributed by atoms with E-state index in [1.54, 1.807) is 29.2 Å². The van der Waals surface area contributed by atoms with E-state index in [0.29, 0.717) is 23.7 Å². The summed E-state index contributed by atoms with van der Waals surface area (Å²) in [6, 6.07) is 7.26. The molecule has 22 heavy (non-hydrogen) atoms. The lowest BCUT2D eigenvalue weighted by molar-refractivity contribution is 0.0757. The molecule has 6 heteroatoms. The largest absolute Gasteiger partial charge is 0.379 e. The van der Waals surface area contributed by atoms with Crippen molar-refractivity contribution >= 4 is 17.5 Å². The summed E-state index contributed by atoms with van der Waals surface area (Å²) in [6.07, 6.45) is 4.25. The van der Waals surface area contributed by atoms with E-state index in [1.165, 1.54) is 0 Å². The van der Waals surface area contributed by atoms with Crippen LogP contribution in [0.2, 0.25) is 5.02 Å². The van der Waals surface area contributed by atoms with Gasteiger partial charge in [-0.15, -0.1) is 0 Å². The zero-order valence-electron chi connectivity index (χ0n) is 12.8. The number of halogens is 1. The van der Waals surface area contributed by atoms with Gasteiger partial charge in [0.2, 0.25) is 0 Å². The third-order valence-electron chi connectivity index (χ3n) is 2.99. The Hall–Kier alpha value is -1.85. The summed E-state index contributed by atoms with van der Waals surface area (Å²) >= 11 is 5.85. The molecule has 0 aliphatic heterocycles. The van der Waals surface area contributed by atoms with Crippen molar-refractivity contribution in [1.29, 1.82) is 0 Å². The second-order valence-corrected chi connectivity index (χ2v) is 5.62. The van der Waals surface area contributed by atoms with Crippen molar-refractivity contribution in [1.82, 2.24) is 15.1 Å². The lowest BCUT2D eigenvalue weighted by Crippen LogP contribution is -2.25. The van der Waals surface area contributed by atoms with Crippen LogP contribution in [0.4, 0.5) is 0 Å². The van der Waals surface area contributed by atoms with Crippen molar-refractivity contribution in [3.8, 4) is 5.69 Å². The number of nitrogens with zero attached hydrogens (tertiary/aromatic N) is 2. The maximum Gasteiger partial charge on any atom is 0.254 e.